The van der Waals surface area contributed by atoms with Gasteiger partial charge < -0.3 is 4.74 Å². The van der Waals surface area contributed by atoms with E-state index in [0.717, 1.165) is 16.0 Å². The number of thiophene rings is 1. The molecule has 0 unspecified atom stereocenters. The summed E-state index contributed by atoms with van der Waals surface area (Å²) in [7, 11) is -1.27. The molecule has 3 rings (SSSR count). The first kappa shape index (κ1) is 18.2. The van der Waals surface area contributed by atoms with Gasteiger partial charge >= 0.3 is 5.97 Å². The van der Waals surface area contributed by atoms with E-state index in [1.165, 1.54) is 25.6 Å². The van der Waals surface area contributed by atoms with E-state index in [1.807, 2.05) is 0 Å². The van der Waals surface area contributed by atoms with E-state index in [-0.39, 0.29) is 21.9 Å². The SMILES string of the molecule is COC(=O)c1sccc1S(=O)(=O)NCc1nn(C)c(=O)c2ccccc12. The fraction of sp³-hybridized carbons (Fsp3) is 0.188. The molecule has 1 aromatic carbocycles. The van der Waals surface area contributed by atoms with Crippen molar-refractivity contribution in [2.24, 2.45) is 7.05 Å². The molecular weight excluding hydrogens is 378 g/mol. The van der Waals surface area contributed by atoms with Gasteiger partial charge in [-0.2, -0.15) is 5.10 Å². The number of sulfonamides is 1. The number of carbonyl (C=O) groups is 1. The number of ether oxygens (including phenoxy) is 1. The second-order valence-corrected chi connectivity index (χ2v) is 8.00. The lowest BCUT2D eigenvalue weighted by Crippen LogP contribution is -2.28. The molecular formula is C16H15N3O5S2. The Hall–Kier alpha value is -2.56. The molecule has 2 heterocycles. The fourth-order valence-electron chi connectivity index (χ4n) is 2.50. The molecule has 3 aromatic rings. The van der Waals surface area contributed by atoms with Crippen LogP contribution in [0, 0.1) is 0 Å². The number of nitrogens with one attached hydrogen (secondary N) is 1. The minimum atomic E-state index is -3.96. The number of hydrogen-bond donors (Lipinski definition) is 1. The summed E-state index contributed by atoms with van der Waals surface area (Å²) in [5, 5.41) is 6.66. The van der Waals surface area contributed by atoms with Crippen LogP contribution in [0.15, 0.2) is 45.4 Å². The van der Waals surface area contributed by atoms with Crippen molar-refractivity contribution >= 4 is 38.1 Å². The third-order valence-corrected chi connectivity index (χ3v) is 6.22. The van der Waals surface area contributed by atoms with Gasteiger partial charge in [0, 0.05) is 12.4 Å². The zero-order chi connectivity index (χ0) is 18.9. The summed E-state index contributed by atoms with van der Waals surface area (Å²) in [6.07, 6.45) is 0. The molecule has 26 heavy (non-hydrogen) atoms. The van der Waals surface area contributed by atoms with Crippen LogP contribution in [-0.2, 0) is 28.4 Å². The Balaban J connectivity index is 1.96. The van der Waals surface area contributed by atoms with Gasteiger partial charge in [0.2, 0.25) is 10.0 Å². The van der Waals surface area contributed by atoms with Crippen LogP contribution in [0.5, 0.6) is 0 Å². The number of carbonyl (C=O) groups excluding carboxylic acids is 1. The number of aryl methyl sites for hydroxylation is 1. The number of fused-ring (bicyclic) bond motifs is 1. The second kappa shape index (κ2) is 6.98. The Morgan fingerprint density at radius 2 is 1.96 bits per heavy atom. The lowest BCUT2D eigenvalue weighted by Gasteiger charge is -2.10. The van der Waals surface area contributed by atoms with E-state index in [0.29, 0.717) is 16.5 Å². The maximum atomic E-state index is 12.6. The Bertz CT molecular complexity index is 1150. The van der Waals surface area contributed by atoms with Gasteiger partial charge in [-0.05, 0) is 17.5 Å². The second-order valence-electron chi connectivity index (χ2n) is 5.35. The lowest BCUT2D eigenvalue weighted by molar-refractivity contribution is 0.0602. The summed E-state index contributed by atoms with van der Waals surface area (Å²) in [4.78, 5) is 23.7. The highest BCUT2D eigenvalue weighted by atomic mass is 32.2. The summed E-state index contributed by atoms with van der Waals surface area (Å²) >= 11 is 0.983. The molecule has 0 aliphatic heterocycles. The predicted octanol–water partition coefficient (Wildman–Crippen LogP) is 1.26. The molecule has 0 amide bonds. The summed E-state index contributed by atoms with van der Waals surface area (Å²) in [5.74, 6) is -0.717. The van der Waals surface area contributed by atoms with E-state index in [9.17, 15) is 18.0 Å². The smallest absolute Gasteiger partial charge is 0.349 e. The van der Waals surface area contributed by atoms with Crippen LogP contribution in [0.4, 0.5) is 0 Å². The topological polar surface area (TPSA) is 107 Å². The molecule has 0 aliphatic rings. The largest absolute Gasteiger partial charge is 0.465 e. The molecule has 8 nitrogen and oxygen atoms in total. The third kappa shape index (κ3) is 3.26. The van der Waals surface area contributed by atoms with Gasteiger partial charge in [-0.25, -0.2) is 22.6 Å². The number of rotatable bonds is 5. The highest BCUT2D eigenvalue weighted by Gasteiger charge is 2.25. The van der Waals surface area contributed by atoms with E-state index in [1.54, 1.807) is 24.3 Å². The maximum Gasteiger partial charge on any atom is 0.349 e. The van der Waals surface area contributed by atoms with Crippen molar-refractivity contribution in [3.8, 4) is 0 Å². The van der Waals surface area contributed by atoms with E-state index < -0.39 is 16.0 Å². The van der Waals surface area contributed by atoms with Crippen LogP contribution in [-0.4, -0.2) is 31.3 Å². The minimum absolute atomic E-state index is 0.00159. The van der Waals surface area contributed by atoms with Crippen LogP contribution >= 0.6 is 11.3 Å². The summed E-state index contributed by atoms with van der Waals surface area (Å²) in [6.45, 7) is -0.132. The van der Waals surface area contributed by atoms with Gasteiger partial charge in [-0.3, -0.25) is 4.79 Å². The molecule has 1 N–H and O–H groups in total. The van der Waals surface area contributed by atoms with Gasteiger partial charge in [0.15, 0.2) is 0 Å². The quantitative estimate of drug-likeness (QED) is 0.654. The molecule has 0 fully saturated rings. The Kier molecular flexibility index (Phi) is 4.90. The number of benzene rings is 1. The highest BCUT2D eigenvalue weighted by molar-refractivity contribution is 7.89. The van der Waals surface area contributed by atoms with Crippen LogP contribution < -0.4 is 10.3 Å². The van der Waals surface area contributed by atoms with Gasteiger partial charge in [0.25, 0.3) is 5.56 Å². The molecule has 0 aliphatic carbocycles. The number of nitrogens with zero attached hydrogens (tertiary/aromatic N) is 2. The summed E-state index contributed by atoms with van der Waals surface area (Å²) < 4.78 is 33.4. The molecule has 0 spiro atoms. The Morgan fingerprint density at radius 1 is 1.27 bits per heavy atom. The zero-order valence-corrected chi connectivity index (χ0v) is 15.6. The van der Waals surface area contributed by atoms with Crippen LogP contribution in [0.3, 0.4) is 0 Å². The summed E-state index contributed by atoms with van der Waals surface area (Å²) in [6, 6.07) is 8.18. The van der Waals surface area contributed by atoms with Crippen molar-refractivity contribution in [2.45, 2.75) is 11.4 Å². The highest BCUT2D eigenvalue weighted by Crippen LogP contribution is 2.23. The van der Waals surface area contributed by atoms with Crippen LogP contribution in [0.1, 0.15) is 15.4 Å². The fourth-order valence-corrected chi connectivity index (χ4v) is 4.82. The Morgan fingerprint density at radius 3 is 2.65 bits per heavy atom. The average molecular weight is 393 g/mol. The van der Waals surface area contributed by atoms with Gasteiger partial charge in [-0.15, -0.1) is 11.3 Å². The molecule has 0 atom stereocenters. The normalized spacial score (nSPS) is 11.6. The van der Waals surface area contributed by atoms with Crippen LogP contribution in [0.2, 0.25) is 0 Å². The Labute approximate surface area is 153 Å². The first-order valence-electron chi connectivity index (χ1n) is 7.45. The van der Waals surface area contributed by atoms with Crippen molar-refractivity contribution in [2.75, 3.05) is 7.11 Å². The minimum Gasteiger partial charge on any atom is -0.465 e. The molecule has 2 aromatic heterocycles. The molecule has 0 saturated heterocycles. The van der Waals surface area contributed by atoms with Crippen LogP contribution in [0.25, 0.3) is 10.8 Å². The van der Waals surface area contributed by atoms with Gasteiger partial charge in [0.05, 0.1) is 24.7 Å². The average Bonchev–Trinajstić information content (AvgIpc) is 3.14. The monoisotopic (exact) mass is 393 g/mol. The summed E-state index contributed by atoms with van der Waals surface area (Å²) in [5.41, 5.74) is 0.138. The molecule has 0 radical (unpaired) electrons. The number of hydrogen-bond acceptors (Lipinski definition) is 7. The third-order valence-electron chi connectivity index (χ3n) is 3.75. The van der Waals surface area contributed by atoms with E-state index in [4.69, 9.17) is 0 Å². The number of esters is 1. The zero-order valence-electron chi connectivity index (χ0n) is 13.9. The van der Waals surface area contributed by atoms with Crippen molar-refractivity contribution in [3.63, 3.8) is 0 Å². The number of aromatic nitrogens is 2. The van der Waals surface area contributed by atoms with E-state index >= 15 is 0 Å². The lowest BCUT2D eigenvalue weighted by atomic mass is 10.1. The molecule has 136 valence electrons. The van der Waals surface area contributed by atoms with Crippen molar-refractivity contribution in [1.82, 2.24) is 14.5 Å². The van der Waals surface area contributed by atoms with Crippen molar-refractivity contribution in [1.29, 1.82) is 0 Å². The molecule has 0 bridgehead atoms. The predicted molar refractivity (Wildman–Crippen MR) is 96.7 cm³/mol. The molecule has 0 saturated carbocycles. The molecule has 10 heteroatoms. The van der Waals surface area contributed by atoms with Gasteiger partial charge in [0.1, 0.15) is 9.77 Å². The van der Waals surface area contributed by atoms with Crippen molar-refractivity contribution in [3.05, 3.63) is 56.6 Å². The standard InChI is InChI=1S/C16H15N3O5S2/c1-19-15(20)11-6-4-3-5-10(11)12(18-19)9-17-26(22,23)13-7-8-25-14(13)16(21)24-2/h3-8,17H,9H2,1-2H3. The van der Waals surface area contributed by atoms with Gasteiger partial charge in [-0.1, -0.05) is 18.2 Å². The maximum absolute atomic E-state index is 12.6. The first-order chi connectivity index (χ1) is 12.3. The first-order valence-corrected chi connectivity index (χ1v) is 9.82. The van der Waals surface area contributed by atoms with E-state index in [2.05, 4.69) is 14.6 Å². The van der Waals surface area contributed by atoms with Crippen molar-refractivity contribution < 1.29 is 17.9 Å². The number of methoxy groups -OCH3 is 1.